The fourth-order valence-electron chi connectivity index (χ4n) is 1.36. The number of aryl methyl sites for hydroxylation is 2. The van der Waals surface area contributed by atoms with Crippen molar-refractivity contribution in [2.24, 2.45) is 0 Å². The van der Waals surface area contributed by atoms with Gasteiger partial charge in [-0.1, -0.05) is 12.1 Å². The summed E-state index contributed by atoms with van der Waals surface area (Å²) >= 11 is 0. The van der Waals surface area contributed by atoms with Crippen molar-refractivity contribution in [2.45, 2.75) is 26.7 Å². The Morgan fingerprint density at radius 1 is 1.31 bits per heavy atom. The Morgan fingerprint density at radius 2 is 2.06 bits per heavy atom. The Balaban J connectivity index is 2.37. The van der Waals surface area contributed by atoms with E-state index in [4.69, 9.17) is 4.74 Å². The average molecular weight is 222 g/mol. The fraction of sp³-hybridized carbons (Fsp3) is 0.462. The molecule has 1 aromatic carbocycles. The van der Waals surface area contributed by atoms with Gasteiger partial charge in [-0.15, -0.1) is 0 Å². The van der Waals surface area contributed by atoms with Crippen molar-refractivity contribution in [3.8, 4) is 5.75 Å². The Bertz CT molecular complexity index is 358. The quantitative estimate of drug-likeness (QED) is 0.567. The molecule has 0 saturated carbocycles. The summed E-state index contributed by atoms with van der Waals surface area (Å²) in [7, 11) is 1.40. The molecule has 0 aliphatic heterocycles. The molecule has 3 heteroatoms. The third-order valence-corrected chi connectivity index (χ3v) is 2.35. The Kier molecular flexibility index (Phi) is 4.83. The third-order valence-electron chi connectivity index (χ3n) is 2.35. The molecule has 0 fully saturated rings. The molecule has 88 valence electrons. The highest BCUT2D eigenvalue weighted by Gasteiger charge is 2.02. The number of esters is 1. The fourth-order valence-corrected chi connectivity index (χ4v) is 1.36. The van der Waals surface area contributed by atoms with Crippen LogP contribution in [0.15, 0.2) is 18.2 Å². The van der Waals surface area contributed by atoms with Crippen LogP contribution in [0.2, 0.25) is 0 Å². The van der Waals surface area contributed by atoms with E-state index in [1.54, 1.807) is 0 Å². The van der Waals surface area contributed by atoms with E-state index in [2.05, 4.69) is 10.8 Å². The monoisotopic (exact) mass is 222 g/mol. The molecule has 1 aromatic rings. The molecule has 1 rings (SSSR count). The van der Waals surface area contributed by atoms with E-state index in [1.165, 1.54) is 12.7 Å². The van der Waals surface area contributed by atoms with Gasteiger partial charge in [0.15, 0.2) is 0 Å². The van der Waals surface area contributed by atoms with Crippen LogP contribution in [0, 0.1) is 13.8 Å². The van der Waals surface area contributed by atoms with Gasteiger partial charge in [0.2, 0.25) is 0 Å². The summed E-state index contributed by atoms with van der Waals surface area (Å²) in [5, 5.41) is 0. The lowest BCUT2D eigenvalue weighted by atomic mass is 10.1. The van der Waals surface area contributed by atoms with E-state index in [0.29, 0.717) is 19.4 Å². The summed E-state index contributed by atoms with van der Waals surface area (Å²) in [5.41, 5.74) is 2.29. The zero-order valence-electron chi connectivity index (χ0n) is 10.1. The van der Waals surface area contributed by atoms with E-state index in [9.17, 15) is 4.79 Å². The predicted molar refractivity (Wildman–Crippen MR) is 62.7 cm³/mol. The van der Waals surface area contributed by atoms with Crippen LogP contribution in [-0.4, -0.2) is 19.7 Å². The molecule has 0 aromatic heterocycles. The molecule has 0 aliphatic carbocycles. The maximum Gasteiger partial charge on any atom is 0.305 e. The van der Waals surface area contributed by atoms with E-state index in [-0.39, 0.29) is 5.97 Å². The van der Waals surface area contributed by atoms with Gasteiger partial charge in [0, 0.05) is 6.42 Å². The molecule has 0 atom stereocenters. The molecular formula is C13H18O3. The normalized spacial score (nSPS) is 9.94. The molecule has 0 heterocycles. The van der Waals surface area contributed by atoms with E-state index in [1.807, 2.05) is 26.0 Å². The van der Waals surface area contributed by atoms with E-state index < -0.39 is 0 Å². The van der Waals surface area contributed by atoms with Gasteiger partial charge >= 0.3 is 5.97 Å². The van der Waals surface area contributed by atoms with Gasteiger partial charge in [-0.2, -0.15) is 0 Å². The van der Waals surface area contributed by atoms with Gasteiger partial charge in [-0.25, -0.2) is 0 Å². The summed E-state index contributed by atoms with van der Waals surface area (Å²) in [6, 6.07) is 6.09. The van der Waals surface area contributed by atoms with Crippen LogP contribution in [0.1, 0.15) is 24.0 Å². The lowest BCUT2D eigenvalue weighted by Gasteiger charge is -2.09. The maximum absolute atomic E-state index is 10.9. The number of ether oxygens (including phenoxy) is 2. The lowest BCUT2D eigenvalue weighted by molar-refractivity contribution is -0.140. The summed E-state index contributed by atoms with van der Waals surface area (Å²) in [6.45, 7) is 4.58. The first-order chi connectivity index (χ1) is 7.63. The molecule has 0 amide bonds. The Labute approximate surface area is 96.4 Å². The number of hydrogen-bond acceptors (Lipinski definition) is 3. The molecule has 3 nitrogen and oxygen atoms in total. The van der Waals surface area contributed by atoms with E-state index in [0.717, 1.165) is 11.3 Å². The largest absolute Gasteiger partial charge is 0.493 e. The van der Waals surface area contributed by atoms with Gasteiger partial charge in [0.1, 0.15) is 5.75 Å². The molecular weight excluding hydrogens is 204 g/mol. The average Bonchev–Trinajstić information content (AvgIpc) is 2.28. The number of carbonyl (C=O) groups is 1. The van der Waals surface area contributed by atoms with Crippen molar-refractivity contribution in [1.29, 1.82) is 0 Å². The van der Waals surface area contributed by atoms with Crippen LogP contribution in [0.4, 0.5) is 0 Å². The summed E-state index contributed by atoms with van der Waals surface area (Å²) in [4.78, 5) is 10.9. The van der Waals surface area contributed by atoms with Crippen LogP contribution in [0.3, 0.4) is 0 Å². The summed E-state index contributed by atoms with van der Waals surface area (Å²) < 4.78 is 10.2. The van der Waals surface area contributed by atoms with Crippen LogP contribution >= 0.6 is 0 Å². The van der Waals surface area contributed by atoms with Crippen molar-refractivity contribution >= 4 is 5.97 Å². The minimum atomic E-state index is -0.190. The maximum atomic E-state index is 10.9. The SMILES string of the molecule is COC(=O)CCCOc1cc(C)ccc1C. The molecule has 0 unspecified atom stereocenters. The molecule has 0 aliphatic rings. The number of hydrogen-bond donors (Lipinski definition) is 0. The lowest BCUT2D eigenvalue weighted by Crippen LogP contribution is -2.05. The van der Waals surface area contributed by atoms with Crippen molar-refractivity contribution in [2.75, 3.05) is 13.7 Å². The first kappa shape index (κ1) is 12.6. The van der Waals surface area contributed by atoms with Gasteiger partial charge in [0.05, 0.1) is 13.7 Å². The summed E-state index contributed by atoms with van der Waals surface area (Å²) in [6.07, 6.45) is 1.08. The van der Waals surface area contributed by atoms with Crippen molar-refractivity contribution in [3.05, 3.63) is 29.3 Å². The zero-order valence-corrected chi connectivity index (χ0v) is 10.1. The predicted octanol–water partition coefficient (Wildman–Crippen LogP) is 2.64. The highest BCUT2D eigenvalue weighted by atomic mass is 16.5. The summed E-state index contributed by atoms with van der Waals surface area (Å²) in [5.74, 6) is 0.703. The first-order valence-electron chi connectivity index (χ1n) is 5.40. The molecule has 16 heavy (non-hydrogen) atoms. The second-order valence-electron chi connectivity index (χ2n) is 3.80. The van der Waals surface area contributed by atoms with Crippen LogP contribution < -0.4 is 4.74 Å². The standard InChI is InChI=1S/C13H18O3/c1-10-6-7-11(2)12(9-10)16-8-4-5-13(14)15-3/h6-7,9H,4-5,8H2,1-3H3. The second kappa shape index (κ2) is 6.16. The number of methoxy groups -OCH3 is 1. The number of rotatable bonds is 5. The topological polar surface area (TPSA) is 35.5 Å². The molecule has 0 bridgehead atoms. The van der Waals surface area contributed by atoms with Crippen molar-refractivity contribution < 1.29 is 14.3 Å². The van der Waals surface area contributed by atoms with E-state index >= 15 is 0 Å². The number of benzene rings is 1. The number of carbonyl (C=O) groups excluding carboxylic acids is 1. The van der Waals surface area contributed by atoms with Crippen LogP contribution in [0.25, 0.3) is 0 Å². The first-order valence-corrected chi connectivity index (χ1v) is 5.40. The zero-order chi connectivity index (χ0) is 12.0. The van der Waals surface area contributed by atoms with Crippen LogP contribution in [-0.2, 0) is 9.53 Å². The molecule has 0 radical (unpaired) electrons. The minimum Gasteiger partial charge on any atom is -0.493 e. The highest BCUT2D eigenvalue weighted by Crippen LogP contribution is 2.19. The second-order valence-corrected chi connectivity index (χ2v) is 3.80. The smallest absolute Gasteiger partial charge is 0.305 e. The molecule has 0 saturated heterocycles. The Morgan fingerprint density at radius 3 is 2.75 bits per heavy atom. The van der Waals surface area contributed by atoms with Crippen molar-refractivity contribution in [3.63, 3.8) is 0 Å². The molecule has 0 N–H and O–H groups in total. The van der Waals surface area contributed by atoms with Gasteiger partial charge in [-0.3, -0.25) is 4.79 Å². The minimum absolute atomic E-state index is 0.190. The Hall–Kier alpha value is -1.51. The van der Waals surface area contributed by atoms with Crippen LogP contribution in [0.5, 0.6) is 5.75 Å². The molecule has 0 spiro atoms. The van der Waals surface area contributed by atoms with Gasteiger partial charge < -0.3 is 9.47 Å². The van der Waals surface area contributed by atoms with Crippen molar-refractivity contribution in [1.82, 2.24) is 0 Å². The van der Waals surface area contributed by atoms with Gasteiger partial charge in [-0.05, 0) is 37.5 Å². The third kappa shape index (κ3) is 3.93. The highest BCUT2D eigenvalue weighted by molar-refractivity contribution is 5.69. The van der Waals surface area contributed by atoms with Gasteiger partial charge in [0.25, 0.3) is 0 Å².